The second-order valence-corrected chi connectivity index (χ2v) is 5.25. The molecule has 1 aromatic rings. The van der Waals surface area contributed by atoms with Crippen molar-refractivity contribution in [2.24, 2.45) is 0 Å². The van der Waals surface area contributed by atoms with Gasteiger partial charge in [-0.25, -0.2) is 4.79 Å². The molecule has 0 N–H and O–H groups in total. The van der Waals surface area contributed by atoms with Crippen LogP contribution in [0.5, 0.6) is 0 Å². The molecule has 0 atom stereocenters. The van der Waals surface area contributed by atoms with Crippen LogP contribution in [0.1, 0.15) is 47.8 Å². The fraction of sp³-hybridized carbons (Fsp3) is 0.350. The zero-order chi connectivity index (χ0) is 19.8. The van der Waals surface area contributed by atoms with E-state index in [1.165, 1.54) is 13.2 Å². The Morgan fingerprint density at radius 3 is 2.04 bits per heavy atom. The maximum Gasteiger partial charge on any atom is 0.412 e. The van der Waals surface area contributed by atoms with Gasteiger partial charge < -0.3 is 4.74 Å². The van der Waals surface area contributed by atoms with Crippen LogP contribution in [0, 0.1) is 13.8 Å². The maximum atomic E-state index is 12.5. The lowest BCUT2D eigenvalue weighted by Gasteiger charge is -2.09. The quantitative estimate of drug-likeness (QED) is 0.476. The van der Waals surface area contributed by atoms with E-state index >= 15 is 0 Å². The molecule has 1 aromatic carbocycles. The van der Waals surface area contributed by atoms with E-state index in [1.54, 1.807) is 18.2 Å². The van der Waals surface area contributed by atoms with Crippen molar-refractivity contribution in [2.75, 3.05) is 7.11 Å². The summed E-state index contributed by atoms with van der Waals surface area (Å²) in [7, 11) is 1.31. The number of alkyl halides is 3. The van der Waals surface area contributed by atoms with Gasteiger partial charge in [0.1, 0.15) is 0 Å². The van der Waals surface area contributed by atoms with Gasteiger partial charge in [0.15, 0.2) is 0 Å². The first-order valence-corrected chi connectivity index (χ1v) is 7.88. The first kappa shape index (κ1) is 22.7. The molecule has 1 rings (SSSR count). The van der Waals surface area contributed by atoms with Crippen LogP contribution < -0.4 is 0 Å². The molecule has 0 aromatic heterocycles. The normalized spacial score (nSPS) is 11.8. The van der Waals surface area contributed by atoms with Gasteiger partial charge in [-0.2, -0.15) is 13.2 Å². The Hall–Kier alpha value is -2.30. The summed E-state index contributed by atoms with van der Waals surface area (Å²) in [6, 6.07) is 3.36. The Morgan fingerprint density at radius 1 is 1.16 bits per heavy atom. The largest absolute Gasteiger partial charge is 0.465 e. The van der Waals surface area contributed by atoms with Crippen molar-refractivity contribution in [3.8, 4) is 0 Å². The highest BCUT2D eigenvalue weighted by Gasteiger charge is 2.29. The topological polar surface area (TPSA) is 26.3 Å². The third-order valence-electron chi connectivity index (χ3n) is 3.33. The summed E-state index contributed by atoms with van der Waals surface area (Å²) in [4.78, 5) is 11.5. The van der Waals surface area contributed by atoms with Crippen LogP contribution in [0.4, 0.5) is 13.2 Å². The Kier molecular flexibility index (Phi) is 8.96. The number of ether oxygens (including phenoxy) is 1. The zero-order valence-corrected chi connectivity index (χ0v) is 15.5. The van der Waals surface area contributed by atoms with Crippen molar-refractivity contribution in [1.29, 1.82) is 0 Å². The van der Waals surface area contributed by atoms with Gasteiger partial charge in [0.25, 0.3) is 0 Å². The number of halogens is 3. The van der Waals surface area contributed by atoms with Gasteiger partial charge in [0.2, 0.25) is 0 Å². The summed E-state index contributed by atoms with van der Waals surface area (Å²) in [6.45, 7) is 12.2. The average Bonchev–Trinajstić information content (AvgIpc) is 2.54. The van der Waals surface area contributed by atoms with Gasteiger partial charge in [-0.05, 0) is 61.2 Å². The number of hydrogen-bond donors (Lipinski definition) is 0. The van der Waals surface area contributed by atoms with Crippen molar-refractivity contribution >= 4 is 12.0 Å². The Morgan fingerprint density at radius 2 is 1.64 bits per heavy atom. The first-order valence-electron chi connectivity index (χ1n) is 7.88. The van der Waals surface area contributed by atoms with E-state index in [1.807, 2.05) is 27.7 Å². The molecule has 5 heteroatoms. The van der Waals surface area contributed by atoms with E-state index in [4.69, 9.17) is 0 Å². The molecule has 138 valence electrons. The van der Waals surface area contributed by atoms with E-state index in [2.05, 4.69) is 11.3 Å². The number of benzene rings is 1. The number of carbonyl (C=O) groups excluding carboxylic acids is 1. The molecule has 0 aliphatic rings. The van der Waals surface area contributed by atoms with Crippen molar-refractivity contribution in [3.05, 3.63) is 64.3 Å². The van der Waals surface area contributed by atoms with E-state index < -0.39 is 17.7 Å². The monoisotopic (exact) mass is 354 g/mol. The van der Waals surface area contributed by atoms with Crippen LogP contribution in [0.2, 0.25) is 0 Å². The highest BCUT2D eigenvalue weighted by molar-refractivity contribution is 5.90. The van der Waals surface area contributed by atoms with E-state index in [-0.39, 0.29) is 5.57 Å². The Labute approximate surface area is 147 Å². The Balaban J connectivity index is 0.00000277. The summed E-state index contributed by atoms with van der Waals surface area (Å²) in [6.07, 6.45) is -0.161. The molecule has 0 spiro atoms. The molecule has 0 radical (unpaired) electrons. The van der Waals surface area contributed by atoms with E-state index in [9.17, 15) is 18.0 Å². The molecule has 0 aliphatic carbocycles. The standard InChI is InChI=1S/C18H19F3O2.C2H6/c1-11(8-14(4)18(19,20)21)6-7-16-12(2)9-15(10-13(16)3)17(22)23-5;1-2/h6-10H,1H2,2-5H3;1-2H3/b7-6+,14-8+;. The SMILES string of the molecule is C=C(/C=C/c1c(C)cc(C(=O)OC)cc1C)/C=C(\C)C(F)(F)F.CC. The predicted molar refractivity (Wildman–Crippen MR) is 96.6 cm³/mol. The van der Waals surface area contributed by atoms with Gasteiger partial charge in [-0.1, -0.05) is 32.6 Å². The summed E-state index contributed by atoms with van der Waals surface area (Å²) in [5.74, 6) is -0.431. The molecule has 0 saturated heterocycles. The smallest absolute Gasteiger partial charge is 0.412 e. The average molecular weight is 354 g/mol. The van der Waals surface area contributed by atoms with Gasteiger partial charge in [0, 0.05) is 5.57 Å². The minimum atomic E-state index is -4.36. The summed E-state index contributed by atoms with van der Waals surface area (Å²) >= 11 is 0. The van der Waals surface area contributed by atoms with E-state index in [0.29, 0.717) is 5.56 Å². The maximum absolute atomic E-state index is 12.5. The van der Waals surface area contributed by atoms with E-state index in [0.717, 1.165) is 29.7 Å². The zero-order valence-electron chi connectivity index (χ0n) is 15.5. The molecule has 0 heterocycles. The molecule has 25 heavy (non-hydrogen) atoms. The van der Waals surface area contributed by atoms with Gasteiger partial charge >= 0.3 is 12.1 Å². The number of carbonyl (C=O) groups is 1. The van der Waals surface area contributed by atoms with Crippen LogP contribution >= 0.6 is 0 Å². The van der Waals surface area contributed by atoms with Gasteiger partial charge in [-0.3, -0.25) is 0 Å². The molecular weight excluding hydrogens is 329 g/mol. The van der Waals surface area contributed by atoms with Crippen LogP contribution in [-0.4, -0.2) is 19.3 Å². The fourth-order valence-corrected chi connectivity index (χ4v) is 2.07. The number of methoxy groups -OCH3 is 1. The molecule has 0 saturated carbocycles. The molecular formula is C20H25F3O2. The van der Waals surface area contributed by atoms with Crippen molar-refractivity contribution < 1.29 is 22.7 Å². The third kappa shape index (κ3) is 6.99. The molecule has 0 bridgehead atoms. The van der Waals surface area contributed by atoms with Crippen LogP contribution in [0.3, 0.4) is 0 Å². The lowest BCUT2D eigenvalue weighted by Crippen LogP contribution is -2.08. The first-order chi connectivity index (χ1) is 11.6. The molecule has 2 nitrogen and oxygen atoms in total. The molecule has 0 fully saturated rings. The number of rotatable bonds is 4. The molecule has 0 amide bonds. The minimum Gasteiger partial charge on any atom is -0.465 e. The lowest BCUT2D eigenvalue weighted by atomic mass is 9.98. The number of hydrogen-bond acceptors (Lipinski definition) is 2. The number of allylic oxidation sites excluding steroid dienone is 4. The molecule has 0 aliphatic heterocycles. The van der Waals surface area contributed by atoms with Gasteiger partial charge in [0.05, 0.1) is 12.7 Å². The minimum absolute atomic E-state index is 0.246. The van der Waals surface area contributed by atoms with Gasteiger partial charge in [-0.15, -0.1) is 0 Å². The van der Waals surface area contributed by atoms with Crippen LogP contribution in [0.15, 0.2) is 42.0 Å². The third-order valence-corrected chi connectivity index (χ3v) is 3.33. The summed E-state index contributed by atoms with van der Waals surface area (Å²) < 4.78 is 42.1. The van der Waals surface area contributed by atoms with Crippen molar-refractivity contribution in [2.45, 2.75) is 40.8 Å². The number of aryl methyl sites for hydroxylation is 2. The highest BCUT2D eigenvalue weighted by atomic mass is 19.4. The predicted octanol–water partition coefficient (Wildman–Crippen LogP) is 6.19. The lowest BCUT2D eigenvalue weighted by molar-refractivity contribution is -0.0913. The highest BCUT2D eigenvalue weighted by Crippen LogP contribution is 2.26. The van der Waals surface area contributed by atoms with Crippen LogP contribution in [-0.2, 0) is 4.74 Å². The number of esters is 1. The van der Waals surface area contributed by atoms with Crippen molar-refractivity contribution in [3.63, 3.8) is 0 Å². The second kappa shape index (κ2) is 9.87. The molecule has 0 unspecified atom stereocenters. The fourth-order valence-electron chi connectivity index (χ4n) is 2.07. The van der Waals surface area contributed by atoms with Crippen molar-refractivity contribution in [1.82, 2.24) is 0 Å². The second-order valence-electron chi connectivity index (χ2n) is 5.25. The Bertz CT molecular complexity index is 658. The summed E-state index contributed by atoms with van der Waals surface area (Å²) in [5.41, 5.74) is 2.46. The summed E-state index contributed by atoms with van der Waals surface area (Å²) in [5, 5.41) is 0. The van der Waals surface area contributed by atoms with Crippen LogP contribution in [0.25, 0.3) is 6.08 Å².